The zero-order chi connectivity index (χ0) is 7.03. The van der Waals surface area contributed by atoms with Crippen LogP contribution in [0.3, 0.4) is 0 Å². The summed E-state index contributed by atoms with van der Waals surface area (Å²) < 4.78 is 7.38. The average molecular weight is 126 g/mol. The van der Waals surface area contributed by atoms with Crippen molar-refractivity contribution in [3.63, 3.8) is 0 Å². The van der Waals surface area contributed by atoms with Crippen molar-refractivity contribution in [3.05, 3.63) is 0 Å². The molecule has 1 nitrogen and oxygen atoms in total. The average Bonchev–Trinajstić information content (AvgIpc) is 1.86. The van der Waals surface area contributed by atoms with E-state index in [1.165, 1.54) is 32.1 Å². The smallest absolute Gasteiger partial charge is 0.122 e. The third kappa shape index (κ3) is 0.877. The lowest BCUT2D eigenvalue weighted by Gasteiger charge is -2.45. The van der Waals surface area contributed by atoms with Crippen LogP contribution in [-0.4, -0.2) is 13.1 Å². The lowest BCUT2D eigenvalue weighted by Crippen LogP contribution is -2.40. The summed E-state index contributed by atoms with van der Waals surface area (Å²) in [6, 6.07) is 0. The van der Waals surface area contributed by atoms with Crippen molar-refractivity contribution in [1.29, 1.82) is 0 Å². The number of rotatable bonds is 0. The van der Waals surface area contributed by atoms with Gasteiger partial charge < -0.3 is 5.31 Å². The molecular formula is C8H15N. The molecule has 2 fully saturated rings. The van der Waals surface area contributed by atoms with Gasteiger partial charge in [0.2, 0.25) is 0 Å². The molecule has 9 heavy (non-hydrogen) atoms. The monoisotopic (exact) mass is 126 g/mol. The molecule has 2 aliphatic rings. The van der Waals surface area contributed by atoms with E-state index in [-0.39, 0.29) is 0 Å². The summed E-state index contributed by atoms with van der Waals surface area (Å²) in [5.74, 6) is 0. The molecule has 52 valence electrons. The van der Waals surface area contributed by atoms with Gasteiger partial charge in [0.05, 0.1) is 0 Å². The second-order valence-electron chi connectivity index (χ2n) is 3.52. The molecule has 1 N–H and O–H groups in total. The Kier molecular flexibility index (Phi) is 1.04. The molecule has 1 aliphatic carbocycles. The Bertz CT molecular complexity index is 121. The fourth-order valence-corrected chi connectivity index (χ4v) is 2.05. The molecule has 1 saturated heterocycles. The van der Waals surface area contributed by atoms with E-state index in [4.69, 9.17) is 1.41 Å². The molecule has 1 spiro atoms. The van der Waals surface area contributed by atoms with Gasteiger partial charge in [0, 0.05) is 0 Å². The predicted octanol–water partition coefficient (Wildman–Crippen LogP) is 1.54. The fourth-order valence-electron chi connectivity index (χ4n) is 2.05. The van der Waals surface area contributed by atoms with E-state index < -0.39 is 0 Å². The SMILES string of the molecule is [2H]N1CCC2(CCC2)CC1. The maximum atomic E-state index is 7.38. The first-order valence-electron chi connectivity index (χ1n) is 4.49. The van der Waals surface area contributed by atoms with Gasteiger partial charge in [0.25, 0.3) is 0 Å². The molecule has 0 atom stereocenters. The van der Waals surface area contributed by atoms with Crippen LogP contribution in [-0.2, 0) is 0 Å². The van der Waals surface area contributed by atoms with Crippen molar-refractivity contribution in [2.45, 2.75) is 32.1 Å². The number of hydrogen-bond donors (Lipinski definition) is 1. The number of nitrogens with one attached hydrogen (secondary N) is 1. The Hall–Kier alpha value is -0.0400. The number of piperidine rings is 1. The molecule has 0 aromatic heterocycles. The first-order valence-corrected chi connectivity index (χ1v) is 4.05. The second kappa shape index (κ2) is 1.98. The summed E-state index contributed by atoms with van der Waals surface area (Å²) in [6.45, 7) is 2.03. The van der Waals surface area contributed by atoms with Gasteiger partial charge in [-0.1, -0.05) is 6.42 Å². The summed E-state index contributed by atoms with van der Waals surface area (Å²) in [7, 11) is 0. The maximum absolute atomic E-state index is 7.38. The van der Waals surface area contributed by atoms with Crippen LogP contribution >= 0.6 is 0 Å². The summed E-state index contributed by atoms with van der Waals surface area (Å²) in [6.07, 6.45) is 6.91. The molecule has 0 bridgehead atoms. The van der Waals surface area contributed by atoms with Gasteiger partial charge in [-0.25, -0.2) is 0 Å². The Balaban J connectivity index is 1.90. The van der Waals surface area contributed by atoms with Gasteiger partial charge in [0.15, 0.2) is 0 Å². The van der Waals surface area contributed by atoms with Crippen LogP contribution in [0.5, 0.6) is 0 Å². The van der Waals surface area contributed by atoms with Crippen molar-refractivity contribution in [1.82, 2.24) is 5.31 Å². The Morgan fingerprint density at radius 2 is 1.78 bits per heavy atom. The van der Waals surface area contributed by atoms with E-state index in [0.29, 0.717) is 0 Å². The summed E-state index contributed by atoms with van der Waals surface area (Å²) >= 11 is 0. The van der Waals surface area contributed by atoms with E-state index >= 15 is 0 Å². The Morgan fingerprint density at radius 3 is 2.22 bits per heavy atom. The standard InChI is InChI=1S/C8H15N/c1-2-8(3-1)4-6-9-7-5-8/h9H,1-7H2/i/hD. The van der Waals surface area contributed by atoms with Crippen LogP contribution in [0.2, 0.25) is 1.41 Å². The molecule has 0 aromatic rings. The van der Waals surface area contributed by atoms with E-state index in [1.54, 1.807) is 5.31 Å². The topological polar surface area (TPSA) is 12.0 Å². The first-order chi connectivity index (χ1) is 4.81. The van der Waals surface area contributed by atoms with Crippen LogP contribution in [0.25, 0.3) is 0 Å². The molecule has 2 rings (SSSR count). The fraction of sp³-hybridized carbons (Fsp3) is 1.00. The van der Waals surface area contributed by atoms with Crippen LogP contribution in [0.4, 0.5) is 0 Å². The minimum absolute atomic E-state index is 0.720. The van der Waals surface area contributed by atoms with Crippen molar-refractivity contribution < 1.29 is 1.41 Å². The van der Waals surface area contributed by atoms with Crippen LogP contribution in [0.15, 0.2) is 0 Å². The summed E-state index contributed by atoms with van der Waals surface area (Å²) in [5, 5.41) is 1.71. The molecule has 1 aliphatic heterocycles. The van der Waals surface area contributed by atoms with Crippen LogP contribution in [0, 0.1) is 5.41 Å². The predicted molar refractivity (Wildman–Crippen MR) is 38.4 cm³/mol. The van der Waals surface area contributed by atoms with E-state index in [2.05, 4.69) is 0 Å². The van der Waals surface area contributed by atoms with Crippen molar-refractivity contribution in [2.75, 3.05) is 13.1 Å². The quantitative estimate of drug-likeness (QED) is 0.519. The third-order valence-electron chi connectivity index (χ3n) is 3.01. The second-order valence-corrected chi connectivity index (χ2v) is 3.52. The Morgan fingerprint density at radius 1 is 1.11 bits per heavy atom. The van der Waals surface area contributed by atoms with Crippen LogP contribution in [0.1, 0.15) is 32.1 Å². The lowest BCUT2D eigenvalue weighted by atomic mass is 9.63. The summed E-state index contributed by atoms with van der Waals surface area (Å²) in [5.41, 5.74) is 0.720. The largest absolute Gasteiger partial charge is 0.317 e. The molecule has 0 amide bonds. The molecule has 1 saturated carbocycles. The van der Waals surface area contributed by atoms with Gasteiger partial charge >= 0.3 is 0 Å². The minimum atomic E-state index is 0.720. The molecule has 1 heterocycles. The minimum Gasteiger partial charge on any atom is -0.317 e. The van der Waals surface area contributed by atoms with Gasteiger partial charge in [0.1, 0.15) is 1.41 Å². The van der Waals surface area contributed by atoms with Gasteiger partial charge in [-0.05, 0) is 44.2 Å². The van der Waals surface area contributed by atoms with Gasteiger partial charge in [-0.15, -0.1) is 0 Å². The normalized spacial score (nSPS) is 35.8. The highest BCUT2D eigenvalue weighted by molar-refractivity contribution is 4.90. The molecular weight excluding hydrogens is 110 g/mol. The molecule has 1 heteroatoms. The zero-order valence-electron chi connectivity index (χ0n) is 6.90. The molecule has 0 aromatic carbocycles. The highest BCUT2D eigenvalue weighted by Crippen LogP contribution is 2.47. The van der Waals surface area contributed by atoms with E-state index in [9.17, 15) is 0 Å². The highest BCUT2D eigenvalue weighted by Gasteiger charge is 2.37. The van der Waals surface area contributed by atoms with Crippen molar-refractivity contribution in [2.24, 2.45) is 5.41 Å². The summed E-state index contributed by atoms with van der Waals surface area (Å²) in [4.78, 5) is 0. The van der Waals surface area contributed by atoms with E-state index in [1.807, 2.05) is 0 Å². The molecule has 0 unspecified atom stereocenters. The Labute approximate surface area is 58.3 Å². The highest BCUT2D eigenvalue weighted by atomic mass is 14.9. The van der Waals surface area contributed by atoms with Crippen molar-refractivity contribution >= 4 is 0 Å². The van der Waals surface area contributed by atoms with Gasteiger partial charge in [-0.3, -0.25) is 0 Å². The van der Waals surface area contributed by atoms with E-state index in [0.717, 1.165) is 18.5 Å². The van der Waals surface area contributed by atoms with Crippen molar-refractivity contribution in [3.8, 4) is 0 Å². The lowest BCUT2D eigenvalue weighted by molar-refractivity contribution is 0.0864. The first kappa shape index (κ1) is 4.73. The van der Waals surface area contributed by atoms with Gasteiger partial charge in [-0.2, -0.15) is 0 Å². The molecule has 0 radical (unpaired) electrons. The third-order valence-corrected chi connectivity index (χ3v) is 3.01. The van der Waals surface area contributed by atoms with Crippen LogP contribution < -0.4 is 5.31 Å². The number of hydrogen-bond acceptors (Lipinski definition) is 1. The maximum Gasteiger partial charge on any atom is 0.122 e. The zero-order valence-corrected chi connectivity index (χ0v) is 5.90.